The smallest absolute Gasteiger partial charge is 0.410 e. The quantitative estimate of drug-likeness (QED) is 0.758. The average molecular weight is 385 g/mol. The number of rotatable bonds is 1. The molecule has 8 heteroatoms. The number of nitrogens with zero attached hydrogens (tertiary/aromatic N) is 4. The van der Waals surface area contributed by atoms with Crippen LogP contribution in [-0.4, -0.2) is 50.2 Å². The maximum atomic E-state index is 14.6. The molecule has 1 amide bonds. The number of pyridine rings is 1. The molecule has 1 spiro atoms. The van der Waals surface area contributed by atoms with E-state index in [2.05, 4.69) is 20.3 Å². The fourth-order valence-corrected chi connectivity index (χ4v) is 3.77. The van der Waals surface area contributed by atoms with E-state index in [4.69, 9.17) is 4.74 Å². The summed E-state index contributed by atoms with van der Waals surface area (Å²) < 4.78 is 20.1. The number of aromatic nitrogens is 3. The van der Waals surface area contributed by atoms with Gasteiger partial charge in [0.2, 0.25) is 5.95 Å². The Bertz CT molecular complexity index is 899. The number of carbonyl (C=O) groups is 1. The van der Waals surface area contributed by atoms with Crippen molar-refractivity contribution in [2.75, 3.05) is 18.4 Å². The standard InChI is InChI=1S/C20H24FN5O2/c1-19(2,3)28-18(27)26-10-7-20(12-26)6-5-13-11-14(15(21)24-16(13)25-20)17-22-8-4-9-23-17/h4,8-9,11H,5-7,10,12H2,1-3H3,(H,24,25). The number of halogens is 1. The van der Waals surface area contributed by atoms with Crippen LogP contribution in [0.15, 0.2) is 24.5 Å². The van der Waals surface area contributed by atoms with Crippen LogP contribution in [0.2, 0.25) is 0 Å². The molecular weight excluding hydrogens is 361 g/mol. The van der Waals surface area contributed by atoms with Crippen LogP contribution < -0.4 is 5.32 Å². The summed E-state index contributed by atoms with van der Waals surface area (Å²) in [6.07, 6.45) is 5.21. The number of nitrogens with one attached hydrogen (secondary N) is 1. The molecule has 2 aliphatic heterocycles. The number of aryl methyl sites for hydroxylation is 1. The maximum Gasteiger partial charge on any atom is 0.410 e. The molecule has 0 bridgehead atoms. The first-order valence-corrected chi connectivity index (χ1v) is 9.48. The van der Waals surface area contributed by atoms with E-state index in [9.17, 15) is 9.18 Å². The van der Waals surface area contributed by atoms with Crippen LogP contribution in [0.25, 0.3) is 11.4 Å². The van der Waals surface area contributed by atoms with Crippen molar-refractivity contribution < 1.29 is 13.9 Å². The summed E-state index contributed by atoms with van der Waals surface area (Å²) in [5.74, 6) is 0.263. The lowest BCUT2D eigenvalue weighted by Crippen LogP contribution is -2.46. The van der Waals surface area contributed by atoms with Crippen LogP contribution in [0.5, 0.6) is 0 Å². The van der Waals surface area contributed by atoms with Crippen LogP contribution >= 0.6 is 0 Å². The van der Waals surface area contributed by atoms with E-state index < -0.39 is 11.5 Å². The van der Waals surface area contributed by atoms with E-state index in [0.29, 0.717) is 30.3 Å². The number of hydrogen-bond donors (Lipinski definition) is 1. The summed E-state index contributed by atoms with van der Waals surface area (Å²) >= 11 is 0. The lowest BCUT2D eigenvalue weighted by molar-refractivity contribution is 0.0285. The SMILES string of the molecule is CC(C)(C)OC(=O)N1CCC2(CCc3cc(-c4ncccn4)c(F)nc3N2)C1. The predicted octanol–water partition coefficient (Wildman–Crippen LogP) is 3.42. The highest BCUT2D eigenvalue weighted by atomic mass is 19.1. The summed E-state index contributed by atoms with van der Waals surface area (Å²) in [4.78, 5) is 26.5. The van der Waals surface area contributed by atoms with Crippen LogP contribution in [0.4, 0.5) is 15.0 Å². The van der Waals surface area contributed by atoms with Gasteiger partial charge in [0.25, 0.3) is 0 Å². The van der Waals surface area contributed by atoms with Gasteiger partial charge in [0, 0.05) is 25.5 Å². The Kier molecular flexibility index (Phi) is 4.44. The van der Waals surface area contributed by atoms with Crippen molar-refractivity contribution in [1.29, 1.82) is 0 Å². The second-order valence-electron chi connectivity index (χ2n) is 8.46. The van der Waals surface area contributed by atoms with Crippen molar-refractivity contribution in [2.45, 2.75) is 51.2 Å². The third-order valence-corrected chi connectivity index (χ3v) is 5.12. The fourth-order valence-electron chi connectivity index (χ4n) is 3.77. The number of amides is 1. The fraction of sp³-hybridized carbons (Fsp3) is 0.500. The van der Waals surface area contributed by atoms with Crippen molar-refractivity contribution in [3.05, 3.63) is 36.0 Å². The lowest BCUT2D eigenvalue weighted by atomic mass is 9.86. The van der Waals surface area contributed by atoms with E-state index in [1.807, 2.05) is 20.8 Å². The molecule has 1 atom stereocenters. The number of likely N-dealkylation sites (tertiary alicyclic amines) is 1. The molecule has 0 aromatic carbocycles. The van der Waals surface area contributed by atoms with Gasteiger partial charge in [-0.25, -0.2) is 19.7 Å². The molecule has 7 nitrogen and oxygen atoms in total. The van der Waals surface area contributed by atoms with Crippen molar-refractivity contribution in [3.8, 4) is 11.4 Å². The Morgan fingerprint density at radius 1 is 1.29 bits per heavy atom. The van der Waals surface area contributed by atoms with Gasteiger partial charge in [-0.1, -0.05) is 0 Å². The summed E-state index contributed by atoms with van der Waals surface area (Å²) in [5.41, 5.74) is 0.415. The highest BCUT2D eigenvalue weighted by molar-refractivity contribution is 5.69. The molecular formula is C20H24FN5O2. The Morgan fingerprint density at radius 3 is 2.75 bits per heavy atom. The maximum absolute atomic E-state index is 14.6. The van der Waals surface area contributed by atoms with Gasteiger partial charge in [-0.2, -0.15) is 4.39 Å². The Labute approximate surface area is 163 Å². The minimum absolute atomic E-state index is 0.298. The minimum atomic E-state index is -0.600. The highest BCUT2D eigenvalue weighted by Gasteiger charge is 2.43. The van der Waals surface area contributed by atoms with Crippen molar-refractivity contribution >= 4 is 11.9 Å². The molecule has 4 heterocycles. The zero-order chi connectivity index (χ0) is 19.9. The number of hydrogen-bond acceptors (Lipinski definition) is 6. The van der Waals surface area contributed by atoms with Crippen molar-refractivity contribution in [3.63, 3.8) is 0 Å². The second-order valence-corrected chi connectivity index (χ2v) is 8.46. The number of ether oxygens (including phenoxy) is 1. The molecule has 28 heavy (non-hydrogen) atoms. The third kappa shape index (κ3) is 3.63. The zero-order valence-electron chi connectivity index (χ0n) is 16.3. The number of anilines is 1. The van der Waals surface area contributed by atoms with Gasteiger partial charge in [-0.15, -0.1) is 0 Å². The Balaban J connectivity index is 1.53. The monoisotopic (exact) mass is 385 g/mol. The molecule has 4 rings (SSSR count). The van der Waals surface area contributed by atoms with Crippen LogP contribution in [-0.2, 0) is 11.2 Å². The van der Waals surface area contributed by atoms with Crippen molar-refractivity contribution in [1.82, 2.24) is 19.9 Å². The molecule has 0 radical (unpaired) electrons. The first-order valence-electron chi connectivity index (χ1n) is 9.48. The largest absolute Gasteiger partial charge is 0.444 e. The van der Waals surface area contributed by atoms with Gasteiger partial charge >= 0.3 is 6.09 Å². The van der Waals surface area contributed by atoms with Gasteiger partial charge in [-0.05, 0) is 57.7 Å². The van der Waals surface area contributed by atoms with Gasteiger partial charge in [0.05, 0.1) is 11.1 Å². The van der Waals surface area contributed by atoms with E-state index in [-0.39, 0.29) is 11.6 Å². The highest BCUT2D eigenvalue weighted by Crippen LogP contribution is 2.38. The molecule has 1 unspecified atom stereocenters. The van der Waals surface area contributed by atoms with E-state index in [1.165, 1.54) is 0 Å². The average Bonchev–Trinajstić information content (AvgIpc) is 3.04. The molecule has 0 aliphatic carbocycles. The second kappa shape index (κ2) is 6.68. The normalized spacial score (nSPS) is 21.4. The van der Waals surface area contributed by atoms with E-state index >= 15 is 0 Å². The summed E-state index contributed by atoms with van der Waals surface area (Å²) in [7, 11) is 0. The molecule has 1 N–H and O–H groups in total. The molecule has 2 aromatic heterocycles. The molecule has 1 fully saturated rings. The van der Waals surface area contributed by atoms with Crippen LogP contribution in [0.1, 0.15) is 39.2 Å². The third-order valence-electron chi connectivity index (χ3n) is 5.12. The molecule has 2 aliphatic rings. The molecule has 2 aromatic rings. The lowest BCUT2D eigenvalue weighted by Gasteiger charge is -2.36. The topological polar surface area (TPSA) is 80.2 Å². The molecule has 1 saturated heterocycles. The number of carbonyl (C=O) groups excluding carboxylic acids is 1. The first-order chi connectivity index (χ1) is 13.2. The van der Waals surface area contributed by atoms with E-state index in [0.717, 1.165) is 24.8 Å². The Morgan fingerprint density at radius 2 is 2.04 bits per heavy atom. The van der Waals surface area contributed by atoms with Crippen LogP contribution in [0.3, 0.4) is 0 Å². The van der Waals surface area contributed by atoms with Gasteiger partial charge < -0.3 is 15.0 Å². The molecule has 148 valence electrons. The zero-order valence-corrected chi connectivity index (χ0v) is 16.3. The summed E-state index contributed by atoms with van der Waals surface area (Å²) in [6, 6.07) is 3.46. The molecule has 0 saturated carbocycles. The minimum Gasteiger partial charge on any atom is -0.444 e. The van der Waals surface area contributed by atoms with Gasteiger partial charge in [0.15, 0.2) is 5.82 Å². The van der Waals surface area contributed by atoms with Gasteiger partial charge in [-0.3, -0.25) is 0 Å². The summed E-state index contributed by atoms with van der Waals surface area (Å²) in [6.45, 7) is 6.69. The number of fused-ring (bicyclic) bond motifs is 1. The predicted molar refractivity (Wildman–Crippen MR) is 102 cm³/mol. The van der Waals surface area contributed by atoms with Crippen LogP contribution in [0, 0.1) is 5.95 Å². The van der Waals surface area contributed by atoms with Crippen molar-refractivity contribution in [2.24, 2.45) is 0 Å². The van der Waals surface area contributed by atoms with E-state index in [1.54, 1.807) is 29.4 Å². The van der Waals surface area contributed by atoms with Gasteiger partial charge in [0.1, 0.15) is 11.4 Å². The summed E-state index contributed by atoms with van der Waals surface area (Å²) in [5, 5.41) is 3.40. The first kappa shape index (κ1) is 18.6. The Hall–Kier alpha value is -2.77.